The number of hydrogen-bond donors (Lipinski definition) is 1. The molecule has 0 unspecified atom stereocenters. The average Bonchev–Trinajstić information content (AvgIpc) is 2.97. The molecule has 0 bridgehead atoms. The summed E-state index contributed by atoms with van der Waals surface area (Å²) in [7, 11) is 4.45. The molecule has 0 amide bonds. The van der Waals surface area contributed by atoms with Crippen LogP contribution in [0.3, 0.4) is 0 Å². The Hall–Kier alpha value is -2.87. The monoisotopic (exact) mass is 374 g/mol. The zero-order valence-corrected chi connectivity index (χ0v) is 15.7. The molecule has 0 aliphatic rings. The van der Waals surface area contributed by atoms with Crippen LogP contribution in [0.15, 0.2) is 23.0 Å². The number of hydrogen-bond acceptors (Lipinski definition) is 7. The summed E-state index contributed by atoms with van der Waals surface area (Å²) in [4.78, 5) is 32.5. The maximum Gasteiger partial charge on any atom is 0.348 e. The number of fused-ring (bicyclic) bond motifs is 1. The third-order valence-corrected chi connectivity index (χ3v) is 5.21. The Bertz CT molecular complexity index is 1040. The molecular formula is C18H18N2O5S. The normalized spacial score (nSPS) is 10.8. The summed E-state index contributed by atoms with van der Waals surface area (Å²) in [5, 5.41) is 0.423. The maximum atomic E-state index is 12.5. The lowest BCUT2D eigenvalue weighted by molar-refractivity contribution is 0.0605. The van der Waals surface area contributed by atoms with Gasteiger partial charge in [-0.15, -0.1) is 11.3 Å². The second-order valence-corrected chi connectivity index (χ2v) is 6.61. The van der Waals surface area contributed by atoms with Gasteiger partial charge in [-0.25, -0.2) is 9.78 Å². The first-order valence-electron chi connectivity index (χ1n) is 7.80. The van der Waals surface area contributed by atoms with Crippen LogP contribution >= 0.6 is 11.3 Å². The van der Waals surface area contributed by atoms with E-state index in [1.807, 2.05) is 12.1 Å². The number of nitrogens with one attached hydrogen (secondary N) is 1. The van der Waals surface area contributed by atoms with Gasteiger partial charge in [0.25, 0.3) is 5.56 Å². The summed E-state index contributed by atoms with van der Waals surface area (Å²) >= 11 is 1.16. The fourth-order valence-corrected chi connectivity index (χ4v) is 3.86. The van der Waals surface area contributed by atoms with E-state index in [-0.39, 0.29) is 5.56 Å². The lowest BCUT2D eigenvalue weighted by atomic mass is 10.1. The van der Waals surface area contributed by atoms with E-state index in [2.05, 4.69) is 9.97 Å². The van der Waals surface area contributed by atoms with Crippen molar-refractivity contribution in [3.05, 3.63) is 50.4 Å². The van der Waals surface area contributed by atoms with Crippen LogP contribution in [0, 0.1) is 6.92 Å². The van der Waals surface area contributed by atoms with Gasteiger partial charge < -0.3 is 19.2 Å². The highest BCUT2D eigenvalue weighted by Crippen LogP contribution is 2.29. The molecule has 0 saturated heterocycles. The quantitative estimate of drug-likeness (QED) is 0.691. The van der Waals surface area contributed by atoms with Crippen molar-refractivity contribution >= 4 is 27.5 Å². The first-order valence-corrected chi connectivity index (χ1v) is 8.61. The van der Waals surface area contributed by atoms with Gasteiger partial charge in [-0.3, -0.25) is 4.79 Å². The van der Waals surface area contributed by atoms with E-state index in [1.165, 1.54) is 7.11 Å². The number of benzene rings is 1. The Morgan fingerprint density at radius 1 is 1.19 bits per heavy atom. The fourth-order valence-electron chi connectivity index (χ4n) is 2.74. The molecule has 3 rings (SSSR count). The molecule has 0 atom stereocenters. The predicted molar refractivity (Wildman–Crippen MR) is 98.7 cm³/mol. The number of ether oxygens (including phenoxy) is 3. The predicted octanol–water partition coefficient (Wildman–Crippen LogP) is 2.69. The van der Waals surface area contributed by atoms with Gasteiger partial charge in [0.15, 0.2) is 11.5 Å². The van der Waals surface area contributed by atoms with Gasteiger partial charge in [0.1, 0.15) is 15.5 Å². The average molecular weight is 374 g/mol. The Balaban J connectivity index is 2.02. The molecule has 0 spiro atoms. The highest BCUT2D eigenvalue weighted by atomic mass is 32.1. The zero-order chi connectivity index (χ0) is 18.8. The van der Waals surface area contributed by atoms with Gasteiger partial charge in [-0.1, -0.05) is 6.07 Å². The first-order chi connectivity index (χ1) is 12.5. The second kappa shape index (κ2) is 7.17. The number of aromatic nitrogens is 2. The minimum absolute atomic E-state index is 0.269. The molecule has 1 N–H and O–H groups in total. The SMILES string of the molecule is COC(=O)c1sc2nc(Cc3ccc(OC)c(OC)c3)[nH]c(=O)c2c1C. The van der Waals surface area contributed by atoms with E-state index in [9.17, 15) is 9.59 Å². The number of carbonyl (C=O) groups excluding carboxylic acids is 1. The van der Waals surface area contributed by atoms with Crippen LogP contribution in [0.2, 0.25) is 0 Å². The topological polar surface area (TPSA) is 90.5 Å². The molecule has 136 valence electrons. The summed E-state index contributed by atoms with van der Waals surface area (Å²) in [6.07, 6.45) is 0.413. The largest absolute Gasteiger partial charge is 0.493 e. The summed E-state index contributed by atoms with van der Waals surface area (Å²) in [6.45, 7) is 1.72. The number of thiophene rings is 1. The third-order valence-electron chi connectivity index (χ3n) is 4.04. The molecule has 0 saturated carbocycles. The number of aromatic amines is 1. The minimum atomic E-state index is -0.466. The van der Waals surface area contributed by atoms with Crippen LogP contribution in [0.5, 0.6) is 11.5 Å². The standard InChI is InChI=1S/C18H18N2O5S/c1-9-14-16(21)19-13(20-17(14)26-15(9)18(22)25-4)8-10-5-6-11(23-2)12(7-10)24-3/h5-7H,8H2,1-4H3,(H,19,20,21). The molecule has 0 radical (unpaired) electrons. The van der Waals surface area contributed by atoms with E-state index in [0.717, 1.165) is 16.9 Å². The van der Waals surface area contributed by atoms with Crippen LogP contribution in [-0.2, 0) is 11.2 Å². The summed E-state index contributed by atoms with van der Waals surface area (Å²) < 4.78 is 15.3. The highest BCUT2D eigenvalue weighted by Gasteiger charge is 2.19. The van der Waals surface area contributed by atoms with Crippen molar-refractivity contribution in [2.45, 2.75) is 13.3 Å². The van der Waals surface area contributed by atoms with E-state index in [4.69, 9.17) is 14.2 Å². The summed E-state index contributed by atoms with van der Waals surface area (Å²) in [6, 6.07) is 5.52. The Kier molecular flexibility index (Phi) is 4.94. The molecule has 0 aliphatic heterocycles. The number of rotatable bonds is 5. The second-order valence-electron chi connectivity index (χ2n) is 5.61. The Labute approximate surface area is 153 Å². The van der Waals surface area contributed by atoms with Crippen LogP contribution in [-0.4, -0.2) is 37.3 Å². The van der Waals surface area contributed by atoms with Gasteiger partial charge >= 0.3 is 5.97 Å². The van der Waals surface area contributed by atoms with Crippen molar-refractivity contribution in [2.24, 2.45) is 0 Å². The number of methoxy groups -OCH3 is 3. The van der Waals surface area contributed by atoms with Gasteiger partial charge in [-0.2, -0.15) is 0 Å². The van der Waals surface area contributed by atoms with Crippen molar-refractivity contribution in [1.82, 2.24) is 9.97 Å². The molecule has 2 aromatic heterocycles. The van der Waals surface area contributed by atoms with Crippen molar-refractivity contribution in [2.75, 3.05) is 21.3 Å². The van der Waals surface area contributed by atoms with Crippen LogP contribution in [0.25, 0.3) is 10.2 Å². The molecule has 3 aromatic rings. The van der Waals surface area contributed by atoms with Gasteiger partial charge in [0.2, 0.25) is 0 Å². The molecule has 8 heteroatoms. The first kappa shape index (κ1) is 17.9. The van der Waals surface area contributed by atoms with E-state index < -0.39 is 5.97 Å². The van der Waals surface area contributed by atoms with Crippen LogP contribution in [0.1, 0.15) is 26.6 Å². The number of H-pyrrole nitrogens is 1. The number of esters is 1. The Morgan fingerprint density at radius 2 is 1.92 bits per heavy atom. The summed E-state index contributed by atoms with van der Waals surface area (Å²) in [5.41, 5.74) is 1.23. The highest BCUT2D eigenvalue weighted by molar-refractivity contribution is 7.20. The van der Waals surface area contributed by atoms with Crippen LogP contribution < -0.4 is 15.0 Å². The molecule has 26 heavy (non-hydrogen) atoms. The van der Waals surface area contributed by atoms with E-state index in [1.54, 1.807) is 27.2 Å². The van der Waals surface area contributed by atoms with Crippen molar-refractivity contribution in [3.8, 4) is 11.5 Å². The minimum Gasteiger partial charge on any atom is -0.493 e. The number of carbonyl (C=O) groups is 1. The zero-order valence-electron chi connectivity index (χ0n) is 14.8. The molecule has 1 aromatic carbocycles. The lowest BCUT2D eigenvalue weighted by Gasteiger charge is -2.09. The Morgan fingerprint density at radius 3 is 2.58 bits per heavy atom. The maximum absolute atomic E-state index is 12.5. The number of aryl methyl sites for hydroxylation is 1. The van der Waals surface area contributed by atoms with Crippen molar-refractivity contribution < 1.29 is 19.0 Å². The summed E-state index contributed by atoms with van der Waals surface area (Å²) in [5.74, 6) is 1.27. The van der Waals surface area contributed by atoms with Crippen LogP contribution in [0.4, 0.5) is 0 Å². The van der Waals surface area contributed by atoms with Crippen molar-refractivity contribution in [3.63, 3.8) is 0 Å². The van der Waals surface area contributed by atoms with Gasteiger partial charge in [0, 0.05) is 6.42 Å². The molecular weight excluding hydrogens is 356 g/mol. The number of nitrogens with zero attached hydrogens (tertiary/aromatic N) is 1. The molecule has 0 aliphatic carbocycles. The van der Waals surface area contributed by atoms with E-state index >= 15 is 0 Å². The molecule has 2 heterocycles. The molecule has 0 fully saturated rings. The lowest BCUT2D eigenvalue weighted by Crippen LogP contribution is -2.12. The van der Waals surface area contributed by atoms with Gasteiger partial charge in [-0.05, 0) is 30.2 Å². The third kappa shape index (κ3) is 3.15. The fraction of sp³-hybridized carbons (Fsp3) is 0.278. The van der Waals surface area contributed by atoms with E-state index in [0.29, 0.717) is 44.4 Å². The molecule has 7 nitrogen and oxygen atoms in total. The van der Waals surface area contributed by atoms with Crippen molar-refractivity contribution in [1.29, 1.82) is 0 Å². The smallest absolute Gasteiger partial charge is 0.348 e. The van der Waals surface area contributed by atoms with Gasteiger partial charge in [0.05, 0.1) is 26.7 Å².